The van der Waals surface area contributed by atoms with Gasteiger partial charge in [-0.15, -0.1) is 0 Å². The van der Waals surface area contributed by atoms with Crippen LogP contribution >= 0.6 is 0 Å². The van der Waals surface area contributed by atoms with Crippen LogP contribution in [-0.4, -0.2) is 30.6 Å². The van der Waals surface area contributed by atoms with Crippen LogP contribution < -0.4 is 10.1 Å². The van der Waals surface area contributed by atoms with E-state index in [1.165, 1.54) is 0 Å². The van der Waals surface area contributed by atoms with Gasteiger partial charge in [-0.05, 0) is 36.1 Å². The molecule has 2 aromatic rings. The molecule has 1 unspecified atom stereocenters. The van der Waals surface area contributed by atoms with Crippen LogP contribution in [0.3, 0.4) is 0 Å². The molecule has 0 aliphatic heterocycles. The Morgan fingerprint density at radius 1 is 1.19 bits per heavy atom. The highest BCUT2D eigenvalue weighted by Crippen LogP contribution is 2.21. The topological polar surface area (TPSA) is 88.8 Å². The number of nitrogens with one attached hydrogen (secondary N) is 1. The van der Waals surface area contributed by atoms with E-state index in [9.17, 15) is 14.7 Å². The number of hydrogen-bond acceptors (Lipinski definition) is 4. The highest BCUT2D eigenvalue weighted by atomic mass is 16.5. The van der Waals surface area contributed by atoms with Gasteiger partial charge in [0.15, 0.2) is 5.76 Å². The second-order valence-corrected chi connectivity index (χ2v) is 6.03. The Kier molecular flexibility index (Phi) is 6.83. The number of aryl methyl sites for hydroxylation is 2. The Hall–Kier alpha value is -2.76. The molecule has 1 atom stereocenters. The van der Waals surface area contributed by atoms with Gasteiger partial charge in [0, 0.05) is 13.0 Å². The van der Waals surface area contributed by atoms with Crippen molar-refractivity contribution in [3.63, 3.8) is 0 Å². The molecule has 0 saturated heterocycles. The largest absolute Gasteiger partial charge is 0.496 e. The number of aliphatic carboxylic acids is 1. The van der Waals surface area contributed by atoms with Gasteiger partial charge >= 0.3 is 5.97 Å². The maximum Gasteiger partial charge on any atom is 0.308 e. The third-order valence-electron chi connectivity index (χ3n) is 4.34. The first-order valence-electron chi connectivity index (χ1n) is 8.74. The lowest BCUT2D eigenvalue weighted by Gasteiger charge is -2.15. The summed E-state index contributed by atoms with van der Waals surface area (Å²) in [4.78, 5) is 23.9. The van der Waals surface area contributed by atoms with Crippen LogP contribution in [0.1, 0.15) is 41.3 Å². The molecular formula is C20H25NO5. The zero-order chi connectivity index (χ0) is 19.1. The molecule has 1 aromatic carbocycles. The molecule has 6 heteroatoms. The number of methoxy groups -OCH3 is 1. The molecule has 1 heterocycles. The zero-order valence-electron chi connectivity index (χ0n) is 15.4. The third kappa shape index (κ3) is 4.65. The zero-order valence-corrected chi connectivity index (χ0v) is 15.4. The number of para-hydroxylation sites is 1. The number of carboxylic acid groups (broad SMARTS) is 1. The van der Waals surface area contributed by atoms with Crippen LogP contribution in [0.25, 0.3) is 0 Å². The smallest absolute Gasteiger partial charge is 0.308 e. The first-order chi connectivity index (χ1) is 12.5. The third-order valence-corrected chi connectivity index (χ3v) is 4.34. The summed E-state index contributed by atoms with van der Waals surface area (Å²) in [5.41, 5.74) is 1.79. The summed E-state index contributed by atoms with van der Waals surface area (Å²) < 4.78 is 10.9. The molecule has 0 aliphatic carbocycles. The summed E-state index contributed by atoms with van der Waals surface area (Å²) in [7, 11) is 1.55. The monoisotopic (exact) mass is 359 g/mol. The molecule has 0 bridgehead atoms. The second-order valence-electron chi connectivity index (χ2n) is 6.03. The lowest BCUT2D eigenvalue weighted by molar-refractivity contribution is -0.141. The molecule has 0 aliphatic rings. The predicted octanol–water partition coefficient (Wildman–Crippen LogP) is 3.09. The number of rotatable bonds is 9. The van der Waals surface area contributed by atoms with Crippen molar-refractivity contribution >= 4 is 11.9 Å². The Labute approximate surface area is 153 Å². The summed E-state index contributed by atoms with van der Waals surface area (Å²) in [5.74, 6) is -0.482. The molecular weight excluding hydrogens is 334 g/mol. The molecule has 1 amide bonds. The van der Waals surface area contributed by atoms with E-state index in [4.69, 9.17) is 9.15 Å². The molecule has 0 saturated carbocycles. The SMILES string of the molecule is CCc1cc(C(=O)NCC(Cc2ccccc2OC)C(=O)O)oc1CC. The molecule has 2 rings (SSSR count). The first-order valence-corrected chi connectivity index (χ1v) is 8.74. The molecule has 0 radical (unpaired) electrons. The van der Waals surface area contributed by atoms with Gasteiger partial charge in [0.05, 0.1) is 13.0 Å². The van der Waals surface area contributed by atoms with E-state index >= 15 is 0 Å². The standard InChI is InChI=1S/C20H25NO5/c1-4-13-11-18(26-16(13)5-2)19(22)21-12-15(20(23)24)10-14-8-6-7-9-17(14)25-3/h6-9,11,15H,4-5,10,12H2,1-3H3,(H,21,22)(H,23,24). The van der Waals surface area contributed by atoms with Crippen LogP contribution in [0.2, 0.25) is 0 Å². The second kappa shape index (κ2) is 9.08. The van der Waals surface area contributed by atoms with Gasteiger partial charge in [0.1, 0.15) is 11.5 Å². The predicted molar refractivity (Wildman–Crippen MR) is 97.6 cm³/mol. The summed E-state index contributed by atoms with van der Waals surface area (Å²) in [6.07, 6.45) is 1.76. The van der Waals surface area contributed by atoms with E-state index in [0.29, 0.717) is 12.2 Å². The van der Waals surface area contributed by atoms with E-state index in [2.05, 4.69) is 5.32 Å². The molecule has 26 heavy (non-hydrogen) atoms. The highest BCUT2D eigenvalue weighted by molar-refractivity contribution is 5.92. The number of benzene rings is 1. The van der Waals surface area contributed by atoms with Gasteiger partial charge in [0.25, 0.3) is 5.91 Å². The minimum absolute atomic E-state index is 0.00975. The number of ether oxygens (including phenoxy) is 1. The fraction of sp³-hybridized carbons (Fsp3) is 0.400. The number of furan rings is 1. The van der Waals surface area contributed by atoms with Crippen molar-refractivity contribution in [3.8, 4) is 5.75 Å². The molecule has 1 aromatic heterocycles. The van der Waals surface area contributed by atoms with Gasteiger partial charge < -0.3 is 19.6 Å². The molecule has 6 nitrogen and oxygen atoms in total. The summed E-state index contributed by atoms with van der Waals surface area (Å²) in [6, 6.07) is 8.99. The van der Waals surface area contributed by atoms with E-state index in [1.807, 2.05) is 32.0 Å². The van der Waals surface area contributed by atoms with Crippen LogP contribution in [0.4, 0.5) is 0 Å². The lowest BCUT2D eigenvalue weighted by atomic mass is 9.98. The van der Waals surface area contributed by atoms with Crippen LogP contribution in [0.15, 0.2) is 34.7 Å². The van der Waals surface area contributed by atoms with Crippen molar-refractivity contribution in [2.45, 2.75) is 33.1 Å². The average molecular weight is 359 g/mol. The fourth-order valence-corrected chi connectivity index (χ4v) is 2.86. The first kappa shape index (κ1) is 19.6. The fourth-order valence-electron chi connectivity index (χ4n) is 2.86. The van der Waals surface area contributed by atoms with Gasteiger partial charge in [0.2, 0.25) is 0 Å². The number of carbonyl (C=O) groups is 2. The number of amides is 1. The van der Waals surface area contributed by atoms with Gasteiger partial charge in [-0.1, -0.05) is 32.0 Å². The molecule has 0 fully saturated rings. The van der Waals surface area contributed by atoms with E-state index in [0.717, 1.165) is 23.3 Å². The van der Waals surface area contributed by atoms with Gasteiger partial charge in [-0.3, -0.25) is 9.59 Å². The van der Waals surface area contributed by atoms with E-state index in [-0.39, 0.29) is 18.7 Å². The van der Waals surface area contributed by atoms with Crippen molar-refractivity contribution in [1.29, 1.82) is 0 Å². The number of carbonyl (C=O) groups excluding carboxylic acids is 1. The minimum Gasteiger partial charge on any atom is -0.496 e. The van der Waals surface area contributed by atoms with Crippen molar-refractivity contribution in [3.05, 3.63) is 53.0 Å². The minimum atomic E-state index is -0.973. The van der Waals surface area contributed by atoms with Crippen molar-refractivity contribution in [2.24, 2.45) is 5.92 Å². The maximum absolute atomic E-state index is 12.3. The van der Waals surface area contributed by atoms with Crippen LogP contribution in [-0.2, 0) is 24.1 Å². The van der Waals surface area contributed by atoms with Crippen LogP contribution in [0, 0.1) is 5.92 Å². The summed E-state index contributed by atoms with van der Waals surface area (Å²) in [5, 5.41) is 12.2. The maximum atomic E-state index is 12.3. The Morgan fingerprint density at radius 2 is 1.92 bits per heavy atom. The Balaban J connectivity index is 2.05. The molecule has 0 spiro atoms. The Bertz CT molecular complexity index is 744. The number of hydrogen-bond donors (Lipinski definition) is 2. The number of carboxylic acids is 1. The molecule has 2 N–H and O–H groups in total. The Morgan fingerprint density at radius 3 is 2.50 bits per heavy atom. The average Bonchev–Trinajstić information content (AvgIpc) is 3.08. The van der Waals surface area contributed by atoms with Crippen molar-refractivity contribution in [2.75, 3.05) is 13.7 Å². The van der Waals surface area contributed by atoms with Crippen molar-refractivity contribution in [1.82, 2.24) is 5.32 Å². The van der Waals surface area contributed by atoms with E-state index < -0.39 is 17.8 Å². The summed E-state index contributed by atoms with van der Waals surface area (Å²) >= 11 is 0. The molecule has 140 valence electrons. The summed E-state index contributed by atoms with van der Waals surface area (Å²) in [6.45, 7) is 3.97. The van der Waals surface area contributed by atoms with Crippen LogP contribution in [0.5, 0.6) is 5.75 Å². The van der Waals surface area contributed by atoms with Crippen molar-refractivity contribution < 1.29 is 23.8 Å². The quantitative estimate of drug-likeness (QED) is 0.718. The van der Waals surface area contributed by atoms with Gasteiger partial charge in [-0.25, -0.2) is 0 Å². The van der Waals surface area contributed by atoms with E-state index in [1.54, 1.807) is 19.2 Å². The lowest BCUT2D eigenvalue weighted by Crippen LogP contribution is -2.34. The highest BCUT2D eigenvalue weighted by Gasteiger charge is 2.22. The van der Waals surface area contributed by atoms with Gasteiger partial charge in [-0.2, -0.15) is 0 Å². The normalized spacial score (nSPS) is 11.8.